The molecule has 1 N–H and O–H groups in total. The summed E-state index contributed by atoms with van der Waals surface area (Å²) in [5.74, 6) is 0.400. The fourth-order valence-corrected chi connectivity index (χ4v) is 1.69. The molecule has 21 heavy (non-hydrogen) atoms. The second-order valence-electron chi connectivity index (χ2n) is 4.57. The number of nitrogens with zero attached hydrogens (tertiary/aromatic N) is 2. The Morgan fingerprint density at radius 2 is 2.19 bits per heavy atom. The van der Waals surface area contributed by atoms with Crippen LogP contribution < -0.4 is 10.2 Å². The van der Waals surface area contributed by atoms with Crippen LogP contribution in [0, 0.1) is 13.8 Å². The van der Waals surface area contributed by atoms with Crippen LogP contribution in [0.3, 0.4) is 0 Å². The fourth-order valence-electron chi connectivity index (χ4n) is 1.69. The van der Waals surface area contributed by atoms with Gasteiger partial charge in [0.1, 0.15) is 5.75 Å². The van der Waals surface area contributed by atoms with Crippen LogP contribution in [-0.4, -0.2) is 23.7 Å². The topological polar surface area (TPSA) is 63.6 Å². The van der Waals surface area contributed by atoms with Gasteiger partial charge in [-0.05, 0) is 37.1 Å². The Kier molecular flexibility index (Phi) is 5.04. The summed E-state index contributed by atoms with van der Waals surface area (Å²) < 4.78 is 5.48. The van der Waals surface area contributed by atoms with E-state index in [-0.39, 0.29) is 12.5 Å². The number of ether oxygens (including phenoxy) is 1. The van der Waals surface area contributed by atoms with E-state index in [0.717, 1.165) is 16.7 Å². The van der Waals surface area contributed by atoms with Crippen LogP contribution in [0.4, 0.5) is 0 Å². The average molecular weight is 283 g/mol. The maximum atomic E-state index is 11.6. The van der Waals surface area contributed by atoms with Crippen molar-refractivity contribution in [3.05, 3.63) is 59.4 Å². The van der Waals surface area contributed by atoms with Crippen LogP contribution in [0.15, 0.2) is 47.8 Å². The van der Waals surface area contributed by atoms with Gasteiger partial charge in [-0.2, -0.15) is 5.10 Å². The van der Waals surface area contributed by atoms with Crippen molar-refractivity contribution in [2.24, 2.45) is 5.10 Å². The number of aromatic nitrogens is 1. The zero-order valence-corrected chi connectivity index (χ0v) is 12.0. The van der Waals surface area contributed by atoms with Crippen molar-refractivity contribution in [2.75, 3.05) is 6.61 Å². The van der Waals surface area contributed by atoms with Gasteiger partial charge in [-0.3, -0.25) is 9.78 Å². The Labute approximate surface area is 123 Å². The van der Waals surface area contributed by atoms with E-state index in [9.17, 15) is 4.79 Å². The lowest BCUT2D eigenvalue weighted by atomic mass is 10.1. The highest BCUT2D eigenvalue weighted by Crippen LogP contribution is 2.20. The molecule has 0 spiro atoms. The summed E-state index contributed by atoms with van der Waals surface area (Å²) in [5.41, 5.74) is 5.39. The molecule has 0 radical (unpaired) electrons. The van der Waals surface area contributed by atoms with Crippen LogP contribution in [0.1, 0.15) is 16.7 Å². The van der Waals surface area contributed by atoms with Gasteiger partial charge in [-0.15, -0.1) is 0 Å². The Morgan fingerprint density at radius 1 is 1.33 bits per heavy atom. The summed E-state index contributed by atoms with van der Waals surface area (Å²) in [6.45, 7) is 3.89. The number of aryl methyl sites for hydroxylation is 1. The summed E-state index contributed by atoms with van der Waals surface area (Å²) in [6.07, 6.45) is 4.86. The van der Waals surface area contributed by atoms with E-state index >= 15 is 0 Å². The van der Waals surface area contributed by atoms with Gasteiger partial charge in [0.25, 0.3) is 5.91 Å². The van der Waals surface area contributed by atoms with Crippen molar-refractivity contribution >= 4 is 12.1 Å². The van der Waals surface area contributed by atoms with Gasteiger partial charge in [0, 0.05) is 18.0 Å². The molecule has 0 aliphatic carbocycles. The number of pyridine rings is 1. The van der Waals surface area contributed by atoms with Gasteiger partial charge < -0.3 is 4.74 Å². The van der Waals surface area contributed by atoms with Gasteiger partial charge in [0.15, 0.2) is 6.61 Å². The van der Waals surface area contributed by atoms with E-state index in [0.29, 0.717) is 5.75 Å². The third-order valence-electron chi connectivity index (χ3n) is 3.00. The number of hydrazone groups is 1. The first-order valence-electron chi connectivity index (χ1n) is 6.58. The minimum absolute atomic E-state index is 0.0747. The minimum Gasteiger partial charge on any atom is -0.483 e. The molecular formula is C16H17N3O2. The molecule has 1 aromatic heterocycles. The maximum absolute atomic E-state index is 11.6. The first kappa shape index (κ1) is 14.7. The van der Waals surface area contributed by atoms with Crippen molar-refractivity contribution in [2.45, 2.75) is 13.8 Å². The van der Waals surface area contributed by atoms with Crippen molar-refractivity contribution in [1.82, 2.24) is 10.4 Å². The van der Waals surface area contributed by atoms with Gasteiger partial charge in [0.05, 0.1) is 6.21 Å². The van der Waals surface area contributed by atoms with Crippen molar-refractivity contribution in [3.8, 4) is 5.75 Å². The summed E-state index contributed by atoms with van der Waals surface area (Å²) >= 11 is 0. The first-order valence-corrected chi connectivity index (χ1v) is 6.58. The molecule has 0 unspecified atom stereocenters. The molecule has 0 aliphatic heterocycles. The van der Waals surface area contributed by atoms with E-state index in [4.69, 9.17) is 4.74 Å². The predicted molar refractivity (Wildman–Crippen MR) is 81.4 cm³/mol. The second kappa shape index (κ2) is 7.19. The zero-order valence-electron chi connectivity index (χ0n) is 12.0. The standard InChI is InChI=1S/C16H17N3O2/c1-12-5-3-7-15(13(12)2)21-11-16(20)19-18-10-14-6-4-8-17-9-14/h3-10H,11H2,1-2H3,(H,19,20). The molecule has 1 aromatic carbocycles. The molecule has 108 valence electrons. The zero-order chi connectivity index (χ0) is 15.1. The van der Waals surface area contributed by atoms with Crippen molar-refractivity contribution in [3.63, 3.8) is 0 Å². The summed E-state index contributed by atoms with van der Waals surface area (Å²) in [6, 6.07) is 9.38. The number of rotatable bonds is 5. The largest absolute Gasteiger partial charge is 0.483 e. The van der Waals surface area contributed by atoms with Gasteiger partial charge in [-0.25, -0.2) is 5.43 Å². The summed E-state index contributed by atoms with van der Waals surface area (Å²) in [5, 5.41) is 3.85. The lowest BCUT2D eigenvalue weighted by Gasteiger charge is -2.09. The van der Waals surface area contributed by atoms with Gasteiger partial charge >= 0.3 is 0 Å². The molecule has 0 aliphatic rings. The summed E-state index contributed by atoms with van der Waals surface area (Å²) in [7, 11) is 0. The van der Waals surface area contributed by atoms with E-state index in [1.54, 1.807) is 18.5 Å². The number of hydrogen-bond donors (Lipinski definition) is 1. The highest BCUT2D eigenvalue weighted by Gasteiger charge is 2.05. The SMILES string of the molecule is Cc1cccc(OCC(=O)NN=Cc2cccnc2)c1C. The fraction of sp³-hybridized carbons (Fsp3) is 0.188. The highest BCUT2D eigenvalue weighted by molar-refractivity contribution is 5.82. The Balaban J connectivity index is 1.83. The quantitative estimate of drug-likeness (QED) is 0.676. The number of carbonyl (C=O) groups excluding carboxylic acids is 1. The van der Waals surface area contributed by atoms with Crippen molar-refractivity contribution in [1.29, 1.82) is 0 Å². The maximum Gasteiger partial charge on any atom is 0.277 e. The number of amides is 1. The molecule has 0 bridgehead atoms. The molecule has 0 atom stereocenters. The normalized spacial score (nSPS) is 10.6. The monoisotopic (exact) mass is 283 g/mol. The molecular weight excluding hydrogens is 266 g/mol. The van der Waals surface area contributed by atoms with Crippen LogP contribution >= 0.6 is 0 Å². The minimum atomic E-state index is -0.309. The Hall–Kier alpha value is -2.69. The molecule has 1 amide bonds. The lowest BCUT2D eigenvalue weighted by molar-refractivity contribution is -0.123. The van der Waals surface area contributed by atoms with E-state index in [1.807, 2.05) is 38.1 Å². The molecule has 5 heteroatoms. The summed E-state index contributed by atoms with van der Waals surface area (Å²) in [4.78, 5) is 15.6. The van der Waals surface area contributed by atoms with Crippen LogP contribution in [0.25, 0.3) is 0 Å². The molecule has 2 aromatic rings. The third-order valence-corrected chi connectivity index (χ3v) is 3.00. The molecule has 0 saturated heterocycles. The van der Waals surface area contributed by atoms with Crippen molar-refractivity contribution < 1.29 is 9.53 Å². The molecule has 0 saturated carbocycles. The van der Waals surface area contributed by atoms with E-state index in [2.05, 4.69) is 15.5 Å². The molecule has 2 rings (SSSR count). The van der Waals surface area contributed by atoms with Crippen LogP contribution in [0.2, 0.25) is 0 Å². The number of hydrogen-bond acceptors (Lipinski definition) is 4. The average Bonchev–Trinajstić information content (AvgIpc) is 2.50. The number of benzene rings is 1. The van der Waals surface area contributed by atoms with E-state index in [1.165, 1.54) is 6.21 Å². The van der Waals surface area contributed by atoms with E-state index < -0.39 is 0 Å². The predicted octanol–water partition coefficient (Wildman–Crippen LogP) is 2.23. The Morgan fingerprint density at radius 3 is 2.95 bits per heavy atom. The Bertz CT molecular complexity index is 639. The molecule has 0 fully saturated rings. The van der Waals surface area contributed by atoms with Crippen LogP contribution in [-0.2, 0) is 4.79 Å². The van der Waals surface area contributed by atoms with Crippen LogP contribution in [0.5, 0.6) is 5.75 Å². The van der Waals surface area contributed by atoms with Gasteiger partial charge in [0.2, 0.25) is 0 Å². The number of carbonyl (C=O) groups is 1. The lowest BCUT2D eigenvalue weighted by Crippen LogP contribution is -2.24. The molecule has 5 nitrogen and oxygen atoms in total. The third kappa shape index (κ3) is 4.42. The second-order valence-corrected chi connectivity index (χ2v) is 4.57. The highest BCUT2D eigenvalue weighted by atomic mass is 16.5. The first-order chi connectivity index (χ1) is 10.2. The number of nitrogens with one attached hydrogen (secondary N) is 1. The van der Waals surface area contributed by atoms with Gasteiger partial charge in [-0.1, -0.05) is 18.2 Å². The molecule has 1 heterocycles. The smallest absolute Gasteiger partial charge is 0.277 e.